The molecule has 1 aliphatic carbocycles. The van der Waals surface area contributed by atoms with Crippen LogP contribution in [0, 0.1) is 16.7 Å². The number of carbonyl (C=O) groups excluding carboxylic acids is 1. The van der Waals surface area contributed by atoms with Crippen LogP contribution in [-0.2, 0) is 14.3 Å². The van der Waals surface area contributed by atoms with E-state index < -0.39 is 16.8 Å². The molecule has 1 aliphatic rings. The zero-order chi connectivity index (χ0) is 17.0. The summed E-state index contributed by atoms with van der Waals surface area (Å²) in [7, 11) is 0. The van der Waals surface area contributed by atoms with Crippen LogP contribution in [0.15, 0.2) is 0 Å². The van der Waals surface area contributed by atoms with Gasteiger partial charge in [0, 0.05) is 0 Å². The van der Waals surface area contributed by atoms with Gasteiger partial charge < -0.3 is 9.84 Å². The van der Waals surface area contributed by atoms with E-state index >= 15 is 0 Å². The minimum Gasteiger partial charge on any atom is -0.481 e. The Balaban J connectivity index is 2.64. The number of carboxylic acids is 1. The third-order valence-electron chi connectivity index (χ3n) is 5.25. The highest BCUT2D eigenvalue weighted by Crippen LogP contribution is 2.35. The number of esters is 1. The van der Waals surface area contributed by atoms with Gasteiger partial charge in [-0.25, -0.2) is 0 Å². The van der Waals surface area contributed by atoms with E-state index in [-0.39, 0.29) is 12.1 Å². The molecule has 128 valence electrons. The number of carboxylic acid groups (broad SMARTS) is 1. The number of rotatable bonds is 7. The Morgan fingerprint density at radius 3 is 2.23 bits per heavy atom. The van der Waals surface area contributed by atoms with Gasteiger partial charge in [0.25, 0.3) is 0 Å². The lowest BCUT2D eigenvalue weighted by atomic mass is 9.78. The smallest absolute Gasteiger partial charge is 0.311 e. The van der Waals surface area contributed by atoms with Gasteiger partial charge in [0.1, 0.15) is 6.10 Å². The summed E-state index contributed by atoms with van der Waals surface area (Å²) in [5.41, 5.74) is -1.16. The van der Waals surface area contributed by atoms with Crippen LogP contribution in [0.5, 0.6) is 0 Å². The summed E-state index contributed by atoms with van der Waals surface area (Å²) in [6.07, 6.45) is 6.31. The van der Waals surface area contributed by atoms with E-state index in [0.29, 0.717) is 12.3 Å². The highest BCUT2D eigenvalue weighted by molar-refractivity contribution is 5.76. The molecular formula is C18H32O4. The van der Waals surface area contributed by atoms with Crippen LogP contribution in [0.4, 0.5) is 0 Å². The summed E-state index contributed by atoms with van der Waals surface area (Å²) in [4.78, 5) is 23.5. The number of hydrogen-bond acceptors (Lipinski definition) is 3. The number of ether oxygens (including phenoxy) is 1. The Hall–Kier alpha value is -1.06. The number of carbonyl (C=O) groups is 2. The van der Waals surface area contributed by atoms with E-state index in [2.05, 4.69) is 0 Å². The normalized spacial score (nSPS) is 23.1. The summed E-state index contributed by atoms with van der Waals surface area (Å²) in [6, 6.07) is 0. The van der Waals surface area contributed by atoms with Gasteiger partial charge in [0.15, 0.2) is 0 Å². The van der Waals surface area contributed by atoms with Gasteiger partial charge in [-0.15, -0.1) is 0 Å². The predicted molar refractivity (Wildman–Crippen MR) is 86.6 cm³/mol. The topological polar surface area (TPSA) is 63.6 Å². The zero-order valence-electron chi connectivity index (χ0n) is 14.8. The van der Waals surface area contributed by atoms with Crippen molar-refractivity contribution in [3.63, 3.8) is 0 Å². The molecule has 2 atom stereocenters. The van der Waals surface area contributed by atoms with E-state index in [1.807, 2.05) is 20.8 Å². The number of aliphatic carboxylic acids is 1. The molecule has 1 saturated carbocycles. The van der Waals surface area contributed by atoms with Crippen LogP contribution in [-0.4, -0.2) is 23.1 Å². The summed E-state index contributed by atoms with van der Waals surface area (Å²) in [6.45, 7) is 9.36. The first-order chi connectivity index (χ1) is 10.1. The SMILES string of the molecule is CCC(C)(C)C(=O)OC1CCCCC1CCC(C)(C)C(=O)O. The fraction of sp³-hybridized carbons (Fsp3) is 0.889. The first-order valence-electron chi connectivity index (χ1n) is 8.54. The van der Waals surface area contributed by atoms with Crippen LogP contribution >= 0.6 is 0 Å². The van der Waals surface area contributed by atoms with E-state index in [9.17, 15) is 14.7 Å². The van der Waals surface area contributed by atoms with Crippen molar-refractivity contribution < 1.29 is 19.4 Å². The van der Waals surface area contributed by atoms with Crippen LogP contribution in [0.3, 0.4) is 0 Å². The molecule has 2 unspecified atom stereocenters. The molecule has 0 saturated heterocycles. The molecule has 1 N–H and O–H groups in total. The lowest BCUT2D eigenvalue weighted by Gasteiger charge is -2.35. The van der Waals surface area contributed by atoms with Crippen LogP contribution in [0.2, 0.25) is 0 Å². The minimum atomic E-state index is -0.760. The van der Waals surface area contributed by atoms with Gasteiger partial charge in [-0.2, -0.15) is 0 Å². The first-order valence-corrected chi connectivity index (χ1v) is 8.54. The van der Waals surface area contributed by atoms with Gasteiger partial charge in [-0.3, -0.25) is 9.59 Å². The van der Waals surface area contributed by atoms with E-state index in [0.717, 1.165) is 38.5 Å². The molecule has 0 heterocycles. The fourth-order valence-corrected chi connectivity index (χ4v) is 2.75. The molecule has 0 aliphatic heterocycles. The van der Waals surface area contributed by atoms with Crippen LogP contribution in [0.25, 0.3) is 0 Å². The Morgan fingerprint density at radius 2 is 1.68 bits per heavy atom. The van der Waals surface area contributed by atoms with Gasteiger partial charge in [0.05, 0.1) is 10.8 Å². The summed E-state index contributed by atoms with van der Waals surface area (Å²) in [5, 5.41) is 9.24. The standard InChI is InChI=1S/C18H32O4/c1-6-17(2,3)16(21)22-14-10-8-7-9-13(14)11-12-18(4,5)15(19)20/h13-14H,6-12H2,1-5H3,(H,19,20). The lowest BCUT2D eigenvalue weighted by Crippen LogP contribution is -2.36. The highest BCUT2D eigenvalue weighted by Gasteiger charge is 2.35. The monoisotopic (exact) mass is 312 g/mol. The highest BCUT2D eigenvalue weighted by atomic mass is 16.5. The Labute approximate surface area is 134 Å². The van der Waals surface area contributed by atoms with Crippen molar-refractivity contribution in [1.29, 1.82) is 0 Å². The summed E-state index contributed by atoms with van der Waals surface area (Å²) < 4.78 is 5.80. The first kappa shape index (κ1) is 19.0. The largest absolute Gasteiger partial charge is 0.481 e. The Bertz CT molecular complexity index is 398. The van der Waals surface area contributed by atoms with Crippen molar-refractivity contribution >= 4 is 11.9 Å². The van der Waals surface area contributed by atoms with Gasteiger partial charge in [-0.1, -0.05) is 13.3 Å². The maximum atomic E-state index is 12.3. The molecule has 22 heavy (non-hydrogen) atoms. The lowest BCUT2D eigenvalue weighted by molar-refractivity contribution is -0.165. The molecule has 1 rings (SSSR count). The molecule has 1 fully saturated rings. The second kappa shape index (κ2) is 7.47. The molecule has 0 aromatic carbocycles. The third kappa shape index (κ3) is 4.99. The molecule has 0 aromatic rings. The van der Waals surface area contributed by atoms with Crippen molar-refractivity contribution in [3.05, 3.63) is 0 Å². The van der Waals surface area contributed by atoms with Gasteiger partial charge in [-0.05, 0) is 72.1 Å². The summed E-state index contributed by atoms with van der Waals surface area (Å²) >= 11 is 0. The van der Waals surface area contributed by atoms with Crippen molar-refractivity contribution in [3.8, 4) is 0 Å². The molecule has 4 nitrogen and oxygen atoms in total. The van der Waals surface area contributed by atoms with Crippen molar-refractivity contribution in [2.24, 2.45) is 16.7 Å². The second-order valence-corrected chi connectivity index (χ2v) is 7.95. The minimum absolute atomic E-state index is 0.0448. The fourth-order valence-electron chi connectivity index (χ4n) is 2.75. The molecule has 0 aromatic heterocycles. The quantitative estimate of drug-likeness (QED) is 0.707. The molecule has 0 radical (unpaired) electrons. The van der Waals surface area contributed by atoms with Gasteiger partial charge >= 0.3 is 11.9 Å². The average molecular weight is 312 g/mol. The maximum absolute atomic E-state index is 12.3. The molecule has 0 bridgehead atoms. The third-order valence-corrected chi connectivity index (χ3v) is 5.25. The van der Waals surface area contributed by atoms with E-state index in [1.54, 1.807) is 13.8 Å². The average Bonchev–Trinajstić information content (AvgIpc) is 2.46. The molecule has 0 amide bonds. The van der Waals surface area contributed by atoms with Crippen molar-refractivity contribution in [1.82, 2.24) is 0 Å². The molecule has 4 heteroatoms. The Morgan fingerprint density at radius 1 is 1.09 bits per heavy atom. The number of hydrogen-bond donors (Lipinski definition) is 1. The van der Waals surface area contributed by atoms with Crippen molar-refractivity contribution in [2.75, 3.05) is 0 Å². The van der Waals surface area contributed by atoms with E-state index in [4.69, 9.17) is 4.74 Å². The maximum Gasteiger partial charge on any atom is 0.311 e. The second-order valence-electron chi connectivity index (χ2n) is 7.95. The zero-order valence-corrected chi connectivity index (χ0v) is 14.8. The molecule has 0 spiro atoms. The van der Waals surface area contributed by atoms with Gasteiger partial charge in [0.2, 0.25) is 0 Å². The summed E-state index contributed by atoms with van der Waals surface area (Å²) in [5.74, 6) is -0.586. The van der Waals surface area contributed by atoms with Crippen LogP contribution in [0.1, 0.15) is 79.6 Å². The predicted octanol–water partition coefficient (Wildman–Crippen LogP) is 4.42. The Kier molecular flexibility index (Phi) is 6.45. The van der Waals surface area contributed by atoms with E-state index in [1.165, 1.54) is 0 Å². The van der Waals surface area contributed by atoms with Crippen LogP contribution < -0.4 is 0 Å². The molecular weight excluding hydrogens is 280 g/mol. The van der Waals surface area contributed by atoms with Crippen molar-refractivity contribution in [2.45, 2.75) is 85.7 Å².